The normalized spacial score (nSPS) is 21.3. The summed E-state index contributed by atoms with van der Waals surface area (Å²) >= 11 is 2.92. The Hall–Kier alpha value is -1.00. The summed E-state index contributed by atoms with van der Waals surface area (Å²) in [6, 6.07) is 0. The molecule has 120 valence electrons. The number of carboxylic acid groups (broad SMARTS) is 2. The highest BCUT2D eigenvalue weighted by Gasteiger charge is 2.37. The van der Waals surface area contributed by atoms with Crippen LogP contribution in [0.15, 0.2) is 10.6 Å². The molecule has 0 aromatic carbocycles. The van der Waals surface area contributed by atoms with E-state index in [9.17, 15) is 9.59 Å². The van der Waals surface area contributed by atoms with Gasteiger partial charge in [-0.1, -0.05) is 0 Å². The molecule has 1 aliphatic rings. The molecule has 1 fully saturated rings. The lowest BCUT2D eigenvalue weighted by molar-refractivity contribution is -0.138. The fraction of sp³-hybridized carbons (Fsp3) is 0.667. The summed E-state index contributed by atoms with van der Waals surface area (Å²) in [5.74, 6) is -1.92. The summed E-state index contributed by atoms with van der Waals surface area (Å²) in [4.78, 5) is 20.8. The van der Waals surface area contributed by atoms with E-state index in [0.29, 0.717) is 26.4 Å². The zero-order chi connectivity index (χ0) is 15.7. The first-order chi connectivity index (χ1) is 10.0. The molecule has 2 atom stereocenters. The predicted octanol–water partition coefficient (Wildman–Crippen LogP) is 0.172. The molecule has 0 aromatic heterocycles. The van der Waals surface area contributed by atoms with Gasteiger partial charge < -0.3 is 24.4 Å². The Balaban J connectivity index is 1.89. The lowest BCUT2D eigenvalue weighted by Crippen LogP contribution is -2.24. The molecule has 3 N–H and O–H groups in total. The van der Waals surface area contributed by atoms with Gasteiger partial charge in [0.15, 0.2) is 0 Å². The maximum absolute atomic E-state index is 10.6. The number of hydrogen-bond acceptors (Lipinski definition) is 6. The molecular weight excluding hydrogens is 350 g/mol. The van der Waals surface area contributed by atoms with Crippen LogP contribution in [0.25, 0.3) is 0 Å². The van der Waals surface area contributed by atoms with Gasteiger partial charge in [-0.15, -0.1) is 0 Å². The first-order valence-electron chi connectivity index (χ1n) is 6.37. The van der Waals surface area contributed by atoms with Crippen LogP contribution in [0.4, 0.5) is 0 Å². The number of aliphatic carboxylic acids is 2. The summed E-state index contributed by atoms with van der Waals surface area (Å²) in [5.41, 5.74) is 0. The van der Waals surface area contributed by atoms with E-state index in [1.54, 1.807) is 0 Å². The highest BCUT2D eigenvalue weighted by molar-refractivity contribution is 9.12. The maximum Gasteiger partial charge on any atom is 0.342 e. The van der Waals surface area contributed by atoms with Crippen molar-refractivity contribution in [2.45, 2.75) is 18.8 Å². The standard InChI is InChI=1S/C12H18BrNO7/c13-8(12(17)18)7-9-11(21-9)14-2-4-20-6-5-19-3-1-10(15)16/h7,9,11,14H,1-6H2,(H,15,16)(H,17,18)/b8-7+. The van der Waals surface area contributed by atoms with Crippen LogP contribution in [0.3, 0.4) is 0 Å². The molecule has 0 amide bonds. The third-order valence-electron chi connectivity index (χ3n) is 2.46. The summed E-state index contributed by atoms with van der Waals surface area (Å²) in [6.45, 7) is 1.94. The van der Waals surface area contributed by atoms with Crippen LogP contribution >= 0.6 is 15.9 Å². The van der Waals surface area contributed by atoms with E-state index in [2.05, 4.69) is 21.2 Å². The third-order valence-corrected chi connectivity index (χ3v) is 3.07. The lowest BCUT2D eigenvalue weighted by Gasteiger charge is -2.05. The van der Waals surface area contributed by atoms with E-state index in [1.165, 1.54) is 6.08 Å². The van der Waals surface area contributed by atoms with Gasteiger partial charge in [0.2, 0.25) is 0 Å². The average Bonchev–Trinajstić information content (AvgIpc) is 3.14. The fourth-order valence-corrected chi connectivity index (χ4v) is 1.65. The molecule has 2 unspecified atom stereocenters. The van der Waals surface area contributed by atoms with Crippen molar-refractivity contribution in [3.05, 3.63) is 10.6 Å². The molecule has 21 heavy (non-hydrogen) atoms. The van der Waals surface area contributed by atoms with Crippen molar-refractivity contribution in [2.24, 2.45) is 0 Å². The van der Waals surface area contributed by atoms with E-state index >= 15 is 0 Å². The number of carbonyl (C=O) groups is 2. The molecular formula is C12H18BrNO7. The van der Waals surface area contributed by atoms with Gasteiger partial charge in [0.25, 0.3) is 0 Å². The highest BCUT2D eigenvalue weighted by Crippen LogP contribution is 2.23. The second kappa shape index (κ2) is 9.85. The Labute approximate surface area is 130 Å². The quantitative estimate of drug-likeness (QED) is 0.254. The molecule has 0 radical (unpaired) electrons. The van der Waals surface area contributed by atoms with Crippen LogP contribution in [0, 0.1) is 0 Å². The van der Waals surface area contributed by atoms with Gasteiger partial charge in [-0.3, -0.25) is 10.1 Å². The number of rotatable bonds is 12. The Bertz CT molecular complexity index is 388. The molecule has 8 nitrogen and oxygen atoms in total. The minimum atomic E-state index is -1.03. The van der Waals surface area contributed by atoms with Gasteiger partial charge in [-0.2, -0.15) is 0 Å². The molecule has 1 heterocycles. The van der Waals surface area contributed by atoms with Gasteiger partial charge >= 0.3 is 11.9 Å². The smallest absolute Gasteiger partial charge is 0.342 e. The average molecular weight is 368 g/mol. The van der Waals surface area contributed by atoms with Gasteiger partial charge in [0.1, 0.15) is 16.8 Å². The minimum absolute atomic E-state index is 0.0125. The van der Waals surface area contributed by atoms with E-state index < -0.39 is 11.9 Å². The molecule has 0 saturated carbocycles. The Morgan fingerprint density at radius 3 is 2.48 bits per heavy atom. The van der Waals surface area contributed by atoms with E-state index in [-0.39, 0.29) is 29.8 Å². The number of nitrogens with one attached hydrogen (secondary N) is 1. The third kappa shape index (κ3) is 8.79. The monoisotopic (exact) mass is 367 g/mol. The second-order valence-electron chi connectivity index (χ2n) is 4.16. The van der Waals surface area contributed by atoms with Crippen LogP contribution in [-0.2, 0) is 23.8 Å². The first kappa shape index (κ1) is 18.1. The second-order valence-corrected chi connectivity index (χ2v) is 5.02. The molecule has 9 heteroatoms. The predicted molar refractivity (Wildman–Crippen MR) is 75.2 cm³/mol. The molecule has 1 saturated heterocycles. The van der Waals surface area contributed by atoms with Crippen LogP contribution in [0.1, 0.15) is 6.42 Å². The van der Waals surface area contributed by atoms with Crippen molar-refractivity contribution in [3.8, 4) is 0 Å². The van der Waals surface area contributed by atoms with Crippen LogP contribution in [-0.4, -0.2) is 67.5 Å². The molecule has 0 aliphatic carbocycles. The SMILES string of the molecule is O=C(O)CCOCCOCCNC1OC1/C=C(/Br)C(=O)O. The zero-order valence-corrected chi connectivity index (χ0v) is 12.9. The summed E-state index contributed by atoms with van der Waals surface area (Å²) in [5, 5.41) is 20.1. The number of epoxide rings is 1. The number of carboxylic acids is 2. The van der Waals surface area contributed by atoms with E-state index in [0.717, 1.165) is 0 Å². The lowest BCUT2D eigenvalue weighted by atomic mass is 10.3. The van der Waals surface area contributed by atoms with Gasteiger partial charge in [0.05, 0.1) is 32.8 Å². The van der Waals surface area contributed by atoms with E-state index in [1.807, 2.05) is 0 Å². The molecule has 1 rings (SSSR count). The number of ether oxygens (including phenoxy) is 3. The maximum atomic E-state index is 10.6. The topological polar surface area (TPSA) is 118 Å². The van der Waals surface area contributed by atoms with Crippen molar-refractivity contribution < 1.29 is 34.0 Å². The van der Waals surface area contributed by atoms with Crippen molar-refractivity contribution >= 4 is 27.9 Å². The van der Waals surface area contributed by atoms with Gasteiger partial charge in [-0.25, -0.2) is 4.79 Å². The number of hydrogen-bond donors (Lipinski definition) is 3. The fourth-order valence-electron chi connectivity index (χ4n) is 1.39. The van der Waals surface area contributed by atoms with Crippen molar-refractivity contribution in [1.29, 1.82) is 0 Å². The summed E-state index contributed by atoms with van der Waals surface area (Å²) in [6.07, 6.45) is 1.04. The van der Waals surface area contributed by atoms with Gasteiger partial charge in [-0.05, 0) is 22.0 Å². The molecule has 0 spiro atoms. The number of halogens is 1. The summed E-state index contributed by atoms with van der Waals surface area (Å²) < 4.78 is 15.6. The van der Waals surface area contributed by atoms with Crippen LogP contribution in [0.5, 0.6) is 0 Å². The highest BCUT2D eigenvalue weighted by atomic mass is 79.9. The molecule has 0 bridgehead atoms. The van der Waals surface area contributed by atoms with Crippen molar-refractivity contribution in [2.75, 3.05) is 33.0 Å². The first-order valence-corrected chi connectivity index (χ1v) is 7.16. The van der Waals surface area contributed by atoms with Crippen LogP contribution < -0.4 is 5.32 Å². The molecule has 0 aromatic rings. The molecule has 1 aliphatic heterocycles. The van der Waals surface area contributed by atoms with Crippen molar-refractivity contribution in [3.63, 3.8) is 0 Å². The Morgan fingerprint density at radius 1 is 1.19 bits per heavy atom. The minimum Gasteiger partial charge on any atom is -0.481 e. The Morgan fingerprint density at radius 2 is 1.86 bits per heavy atom. The zero-order valence-electron chi connectivity index (χ0n) is 11.3. The van der Waals surface area contributed by atoms with Crippen molar-refractivity contribution in [1.82, 2.24) is 5.32 Å². The van der Waals surface area contributed by atoms with E-state index in [4.69, 9.17) is 24.4 Å². The van der Waals surface area contributed by atoms with Gasteiger partial charge in [0, 0.05) is 6.54 Å². The largest absolute Gasteiger partial charge is 0.481 e. The van der Waals surface area contributed by atoms with Crippen LogP contribution in [0.2, 0.25) is 0 Å². The Kier molecular flexibility index (Phi) is 8.47. The summed E-state index contributed by atoms with van der Waals surface area (Å²) in [7, 11) is 0.